The molecule has 0 unspecified atom stereocenters. The third-order valence-electron chi connectivity index (χ3n) is 8.24. The maximum absolute atomic E-state index is 13.5. The highest BCUT2D eigenvalue weighted by Gasteiger charge is 2.18. The van der Waals surface area contributed by atoms with Gasteiger partial charge in [-0.1, -0.05) is 32.9 Å². The number of amides is 1. The number of hydrogen-bond donors (Lipinski definition) is 1. The quantitative estimate of drug-likeness (QED) is 0.253. The third kappa shape index (κ3) is 6.25. The lowest BCUT2D eigenvalue weighted by Gasteiger charge is -2.33. The van der Waals surface area contributed by atoms with Gasteiger partial charge in [-0.25, -0.2) is 4.98 Å². The minimum atomic E-state index is -0.238. The molecule has 1 aliphatic heterocycles. The van der Waals surface area contributed by atoms with Crippen LogP contribution in [0.25, 0.3) is 16.6 Å². The van der Waals surface area contributed by atoms with Gasteiger partial charge >= 0.3 is 0 Å². The number of rotatable bonds is 10. The summed E-state index contributed by atoms with van der Waals surface area (Å²) >= 11 is 0. The third-order valence-corrected chi connectivity index (χ3v) is 8.24. The van der Waals surface area contributed by atoms with Gasteiger partial charge in [0.2, 0.25) is 0 Å². The fourth-order valence-corrected chi connectivity index (χ4v) is 5.73. The van der Waals surface area contributed by atoms with Crippen LogP contribution in [0.1, 0.15) is 54.3 Å². The van der Waals surface area contributed by atoms with Crippen LogP contribution in [0.5, 0.6) is 5.75 Å². The number of nitrogens with zero attached hydrogens (tertiary/aromatic N) is 7. The van der Waals surface area contributed by atoms with Gasteiger partial charge in [0.15, 0.2) is 0 Å². The monoisotopic (exact) mass is 580 g/mol. The Hall–Kier alpha value is -4.28. The van der Waals surface area contributed by atoms with Crippen molar-refractivity contribution >= 4 is 28.1 Å². The Balaban J connectivity index is 1.14. The van der Waals surface area contributed by atoms with Gasteiger partial charge in [-0.15, -0.1) is 0 Å². The molecule has 5 heterocycles. The van der Waals surface area contributed by atoms with E-state index >= 15 is 0 Å². The molecule has 224 valence electrons. The van der Waals surface area contributed by atoms with Crippen molar-refractivity contribution in [3.63, 3.8) is 0 Å². The fourth-order valence-electron chi connectivity index (χ4n) is 5.73. The highest BCUT2D eigenvalue weighted by Crippen LogP contribution is 2.28. The van der Waals surface area contributed by atoms with Crippen LogP contribution in [-0.2, 0) is 6.54 Å². The highest BCUT2D eigenvalue weighted by atomic mass is 16.5. The SMILES string of the molecule is CCN1CCN(CCOc2ccn3c(C(=O)Nc4cccc5c4c(C)nn5Cc4cccc(C(C)C)n4)cnc3c2)CC1. The van der Waals surface area contributed by atoms with E-state index < -0.39 is 0 Å². The van der Waals surface area contributed by atoms with E-state index in [2.05, 4.69) is 46.9 Å². The van der Waals surface area contributed by atoms with Crippen LogP contribution in [0.15, 0.2) is 60.9 Å². The van der Waals surface area contributed by atoms with Crippen molar-refractivity contribution in [3.8, 4) is 5.75 Å². The molecule has 1 fully saturated rings. The molecule has 4 aromatic heterocycles. The van der Waals surface area contributed by atoms with Crippen LogP contribution in [0.4, 0.5) is 5.69 Å². The van der Waals surface area contributed by atoms with Gasteiger partial charge in [0, 0.05) is 56.1 Å². The Morgan fingerprint density at radius 2 is 1.84 bits per heavy atom. The molecule has 6 rings (SSSR count). The number of anilines is 1. The maximum atomic E-state index is 13.5. The van der Waals surface area contributed by atoms with E-state index in [1.165, 1.54) is 0 Å². The van der Waals surface area contributed by atoms with Gasteiger partial charge in [-0.05, 0) is 49.7 Å². The van der Waals surface area contributed by atoms with Crippen LogP contribution < -0.4 is 10.1 Å². The predicted molar refractivity (Wildman–Crippen MR) is 169 cm³/mol. The number of carbonyl (C=O) groups is 1. The van der Waals surface area contributed by atoms with E-state index in [4.69, 9.17) is 14.8 Å². The van der Waals surface area contributed by atoms with Crippen LogP contribution in [0, 0.1) is 6.92 Å². The van der Waals surface area contributed by atoms with Crippen molar-refractivity contribution in [3.05, 3.63) is 83.7 Å². The van der Waals surface area contributed by atoms with Crippen molar-refractivity contribution in [2.24, 2.45) is 0 Å². The fraction of sp³-hybridized carbons (Fsp3) is 0.394. The van der Waals surface area contributed by atoms with Crippen molar-refractivity contribution < 1.29 is 9.53 Å². The van der Waals surface area contributed by atoms with Gasteiger partial charge in [-0.2, -0.15) is 5.10 Å². The number of benzene rings is 1. The Morgan fingerprint density at radius 1 is 1.05 bits per heavy atom. The number of carbonyl (C=O) groups excluding carboxylic acids is 1. The molecule has 1 N–H and O–H groups in total. The smallest absolute Gasteiger partial charge is 0.274 e. The maximum Gasteiger partial charge on any atom is 0.274 e. The average molecular weight is 581 g/mol. The van der Waals surface area contributed by atoms with E-state index in [1.54, 1.807) is 10.6 Å². The number of ether oxygens (including phenoxy) is 1. The summed E-state index contributed by atoms with van der Waals surface area (Å²) in [6.45, 7) is 16.0. The topological polar surface area (TPSA) is 92.8 Å². The molecule has 10 heteroatoms. The molecule has 1 saturated heterocycles. The molecule has 43 heavy (non-hydrogen) atoms. The molecular formula is C33H40N8O2. The number of aryl methyl sites for hydroxylation is 1. The molecule has 0 atom stereocenters. The molecule has 0 saturated carbocycles. The number of piperazine rings is 1. The first-order valence-corrected chi connectivity index (χ1v) is 15.2. The largest absolute Gasteiger partial charge is 0.492 e. The van der Waals surface area contributed by atoms with Gasteiger partial charge < -0.3 is 15.0 Å². The molecule has 0 spiro atoms. The summed E-state index contributed by atoms with van der Waals surface area (Å²) in [4.78, 5) is 27.7. The Bertz CT molecular complexity index is 1730. The number of fused-ring (bicyclic) bond motifs is 2. The zero-order valence-corrected chi connectivity index (χ0v) is 25.5. The first-order chi connectivity index (χ1) is 20.9. The molecule has 1 aliphatic rings. The zero-order valence-electron chi connectivity index (χ0n) is 25.5. The van der Waals surface area contributed by atoms with Crippen molar-refractivity contribution in [2.45, 2.75) is 40.2 Å². The van der Waals surface area contributed by atoms with E-state index in [0.29, 0.717) is 36.1 Å². The summed E-state index contributed by atoms with van der Waals surface area (Å²) in [5.41, 5.74) is 5.63. The van der Waals surface area contributed by atoms with E-state index in [1.807, 2.05) is 60.3 Å². The molecule has 0 bridgehead atoms. The standard InChI is InChI=1S/C33H40N8O2/c1-5-38-14-16-39(17-15-38)18-19-43-26-12-13-40-30(21-34-31(40)20-26)33(42)36-28-10-7-11-29-32(28)24(4)37-41(29)22-25-8-6-9-27(35-25)23(2)3/h6-13,20-21,23H,5,14-19,22H2,1-4H3,(H,36,42). The summed E-state index contributed by atoms with van der Waals surface area (Å²) in [5.74, 6) is 0.866. The summed E-state index contributed by atoms with van der Waals surface area (Å²) in [6.07, 6.45) is 3.44. The number of aromatic nitrogens is 5. The number of pyridine rings is 2. The molecule has 10 nitrogen and oxygen atoms in total. The predicted octanol–water partition coefficient (Wildman–Crippen LogP) is 4.83. The first-order valence-electron chi connectivity index (χ1n) is 15.2. The van der Waals surface area contributed by atoms with Gasteiger partial charge in [0.05, 0.1) is 35.3 Å². The summed E-state index contributed by atoms with van der Waals surface area (Å²) in [7, 11) is 0. The Morgan fingerprint density at radius 3 is 2.63 bits per heavy atom. The number of imidazole rings is 1. The number of hydrogen-bond acceptors (Lipinski definition) is 7. The van der Waals surface area contributed by atoms with E-state index in [0.717, 1.165) is 73.0 Å². The van der Waals surface area contributed by atoms with Crippen molar-refractivity contribution in [2.75, 3.05) is 51.2 Å². The molecule has 0 radical (unpaired) electrons. The second kappa shape index (κ2) is 12.5. The lowest BCUT2D eigenvalue weighted by Crippen LogP contribution is -2.47. The number of nitrogens with one attached hydrogen (secondary N) is 1. The normalized spacial score (nSPS) is 14.6. The zero-order chi connectivity index (χ0) is 29.9. The molecule has 1 amide bonds. The Kier molecular flexibility index (Phi) is 8.40. The minimum absolute atomic E-state index is 0.238. The van der Waals surface area contributed by atoms with Crippen LogP contribution in [0.3, 0.4) is 0 Å². The number of likely N-dealkylation sites (N-methyl/N-ethyl adjacent to an activating group) is 1. The van der Waals surface area contributed by atoms with E-state index in [-0.39, 0.29) is 5.91 Å². The summed E-state index contributed by atoms with van der Waals surface area (Å²) in [5, 5.41) is 8.82. The molecule has 5 aromatic rings. The van der Waals surface area contributed by atoms with Gasteiger partial charge in [0.1, 0.15) is 23.7 Å². The first kappa shape index (κ1) is 28.8. The highest BCUT2D eigenvalue weighted by molar-refractivity contribution is 6.08. The van der Waals surface area contributed by atoms with Crippen LogP contribution in [0.2, 0.25) is 0 Å². The van der Waals surface area contributed by atoms with Gasteiger partial charge in [0.25, 0.3) is 5.91 Å². The molecule has 1 aromatic carbocycles. The van der Waals surface area contributed by atoms with E-state index in [9.17, 15) is 4.79 Å². The lowest BCUT2D eigenvalue weighted by molar-refractivity contribution is 0.102. The molecule has 0 aliphatic carbocycles. The van der Waals surface area contributed by atoms with Crippen molar-refractivity contribution in [1.82, 2.24) is 33.9 Å². The van der Waals surface area contributed by atoms with Gasteiger partial charge in [-0.3, -0.25) is 23.8 Å². The van der Waals surface area contributed by atoms with Crippen LogP contribution in [-0.4, -0.2) is 85.7 Å². The molecular weight excluding hydrogens is 540 g/mol. The minimum Gasteiger partial charge on any atom is -0.492 e. The summed E-state index contributed by atoms with van der Waals surface area (Å²) in [6, 6.07) is 15.8. The van der Waals surface area contributed by atoms with Crippen LogP contribution >= 0.6 is 0 Å². The van der Waals surface area contributed by atoms with Crippen molar-refractivity contribution in [1.29, 1.82) is 0 Å². The second-order valence-corrected chi connectivity index (χ2v) is 11.5. The summed E-state index contributed by atoms with van der Waals surface area (Å²) < 4.78 is 9.78. The Labute approximate surface area is 252 Å². The lowest BCUT2D eigenvalue weighted by atomic mass is 10.1. The second-order valence-electron chi connectivity index (χ2n) is 11.5. The average Bonchev–Trinajstić information content (AvgIpc) is 3.58.